The molecule has 0 bridgehead atoms. The van der Waals surface area contributed by atoms with E-state index < -0.39 is 0 Å². The van der Waals surface area contributed by atoms with E-state index in [0.717, 1.165) is 57.3 Å². The molecule has 0 aliphatic heterocycles. The van der Waals surface area contributed by atoms with Crippen LogP contribution in [0.25, 0.3) is 0 Å². The van der Waals surface area contributed by atoms with Gasteiger partial charge in [-0.3, -0.25) is 9.79 Å². The molecule has 2 N–H and O–H groups in total. The molecule has 2 aliphatic rings. The number of guanidine groups is 1. The quantitative estimate of drug-likeness (QED) is 0.237. The Morgan fingerprint density at radius 2 is 1.92 bits per heavy atom. The molecule has 0 aromatic heterocycles. The third kappa shape index (κ3) is 7.29. The standard InChI is InChI=1S/C18H34N4O2.HI/c1-4-19-17(20-11-12-24-13-15-7-8-15)21-14-18(9-5-6-10-18)16(23)22(2)3;/h15H,4-14H2,1-3H3,(H2,19,20,21);1H. The molecule has 1 amide bonds. The van der Waals surface area contributed by atoms with Crippen LogP contribution in [-0.4, -0.2) is 63.7 Å². The van der Waals surface area contributed by atoms with Gasteiger partial charge in [0.15, 0.2) is 5.96 Å². The first kappa shape index (κ1) is 22.5. The molecule has 0 aromatic rings. The molecule has 146 valence electrons. The van der Waals surface area contributed by atoms with Gasteiger partial charge in [-0.1, -0.05) is 12.8 Å². The maximum atomic E-state index is 12.6. The van der Waals surface area contributed by atoms with Crippen LogP contribution in [0.5, 0.6) is 0 Å². The fraction of sp³-hybridized carbons (Fsp3) is 0.889. The maximum Gasteiger partial charge on any atom is 0.230 e. The second-order valence-electron chi connectivity index (χ2n) is 7.33. The summed E-state index contributed by atoms with van der Waals surface area (Å²) in [6.45, 7) is 5.74. The van der Waals surface area contributed by atoms with Crippen molar-refractivity contribution in [1.82, 2.24) is 15.5 Å². The molecule has 2 saturated carbocycles. The van der Waals surface area contributed by atoms with Crippen LogP contribution >= 0.6 is 24.0 Å². The molecule has 7 heteroatoms. The number of ether oxygens (including phenoxy) is 1. The van der Waals surface area contributed by atoms with Gasteiger partial charge in [0.1, 0.15) is 0 Å². The summed E-state index contributed by atoms with van der Waals surface area (Å²) in [5, 5.41) is 6.58. The van der Waals surface area contributed by atoms with Crippen LogP contribution in [0, 0.1) is 11.3 Å². The number of aliphatic imine (C=N–C) groups is 1. The molecule has 0 heterocycles. The lowest BCUT2D eigenvalue weighted by Crippen LogP contribution is -2.43. The molecule has 2 fully saturated rings. The Bertz CT molecular complexity index is 433. The van der Waals surface area contributed by atoms with Gasteiger partial charge in [0.25, 0.3) is 0 Å². The zero-order chi connectivity index (χ0) is 17.4. The summed E-state index contributed by atoms with van der Waals surface area (Å²) in [7, 11) is 3.68. The summed E-state index contributed by atoms with van der Waals surface area (Å²) in [4.78, 5) is 19.0. The number of carbonyl (C=O) groups is 1. The van der Waals surface area contributed by atoms with Gasteiger partial charge in [-0.05, 0) is 38.5 Å². The Morgan fingerprint density at radius 3 is 2.48 bits per heavy atom. The van der Waals surface area contributed by atoms with Crippen molar-refractivity contribution in [2.45, 2.75) is 45.4 Å². The molecular formula is C18H35IN4O2. The van der Waals surface area contributed by atoms with Crippen molar-refractivity contribution in [3.63, 3.8) is 0 Å². The first-order chi connectivity index (χ1) is 11.6. The van der Waals surface area contributed by atoms with Gasteiger partial charge >= 0.3 is 0 Å². The van der Waals surface area contributed by atoms with Crippen LogP contribution in [0.15, 0.2) is 4.99 Å². The number of hydrogen-bond acceptors (Lipinski definition) is 3. The third-order valence-electron chi connectivity index (χ3n) is 4.89. The van der Waals surface area contributed by atoms with Crippen molar-refractivity contribution >= 4 is 35.8 Å². The van der Waals surface area contributed by atoms with Gasteiger partial charge in [-0.25, -0.2) is 0 Å². The largest absolute Gasteiger partial charge is 0.379 e. The zero-order valence-corrected chi connectivity index (χ0v) is 18.3. The highest BCUT2D eigenvalue weighted by Crippen LogP contribution is 2.39. The SMILES string of the molecule is CCNC(=NCC1(C(=O)N(C)C)CCCC1)NCCOCC1CC1.I. The van der Waals surface area contributed by atoms with E-state index in [4.69, 9.17) is 9.73 Å². The third-order valence-corrected chi connectivity index (χ3v) is 4.89. The lowest BCUT2D eigenvalue weighted by atomic mass is 9.85. The van der Waals surface area contributed by atoms with Crippen LogP contribution in [0.1, 0.15) is 45.4 Å². The second kappa shape index (κ2) is 11.2. The second-order valence-corrected chi connectivity index (χ2v) is 7.33. The molecule has 0 atom stereocenters. The number of carbonyl (C=O) groups excluding carboxylic acids is 1. The zero-order valence-electron chi connectivity index (χ0n) is 16.0. The van der Waals surface area contributed by atoms with Crippen molar-refractivity contribution in [3.8, 4) is 0 Å². The Balaban J connectivity index is 0.00000312. The molecule has 0 saturated heterocycles. The molecule has 25 heavy (non-hydrogen) atoms. The van der Waals surface area contributed by atoms with Crippen LogP contribution in [0.3, 0.4) is 0 Å². The van der Waals surface area contributed by atoms with E-state index in [2.05, 4.69) is 17.6 Å². The van der Waals surface area contributed by atoms with E-state index in [1.807, 2.05) is 14.1 Å². The maximum absolute atomic E-state index is 12.6. The van der Waals surface area contributed by atoms with Crippen molar-refractivity contribution in [1.29, 1.82) is 0 Å². The Kier molecular flexibility index (Phi) is 10.1. The van der Waals surface area contributed by atoms with Gasteiger partial charge in [-0.15, -0.1) is 24.0 Å². The van der Waals surface area contributed by atoms with E-state index in [9.17, 15) is 4.79 Å². The highest BCUT2D eigenvalue weighted by atomic mass is 127. The van der Waals surface area contributed by atoms with E-state index >= 15 is 0 Å². The molecule has 6 nitrogen and oxygen atoms in total. The number of rotatable bonds is 9. The minimum Gasteiger partial charge on any atom is -0.379 e. The molecule has 0 radical (unpaired) electrons. The average molecular weight is 466 g/mol. The predicted molar refractivity (Wildman–Crippen MR) is 113 cm³/mol. The fourth-order valence-electron chi connectivity index (χ4n) is 3.31. The summed E-state index contributed by atoms with van der Waals surface area (Å²) in [6.07, 6.45) is 6.76. The molecule has 0 aromatic carbocycles. The Morgan fingerprint density at radius 1 is 1.24 bits per heavy atom. The van der Waals surface area contributed by atoms with Crippen LogP contribution < -0.4 is 10.6 Å². The molecule has 2 aliphatic carbocycles. The number of nitrogens with one attached hydrogen (secondary N) is 2. The number of nitrogens with zero attached hydrogens (tertiary/aromatic N) is 2. The number of halogens is 1. The lowest BCUT2D eigenvalue weighted by Gasteiger charge is -2.29. The van der Waals surface area contributed by atoms with Gasteiger partial charge in [0.2, 0.25) is 5.91 Å². The minimum absolute atomic E-state index is 0. The van der Waals surface area contributed by atoms with Crippen molar-refractivity contribution in [3.05, 3.63) is 0 Å². The molecule has 0 spiro atoms. The first-order valence-electron chi connectivity index (χ1n) is 9.39. The van der Waals surface area contributed by atoms with Gasteiger partial charge < -0.3 is 20.3 Å². The van der Waals surface area contributed by atoms with E-state index in [1.54, 1.807) is 4.90 Å². The van der Waals surface area contributed by atoms with E-state index in [-0.39, 0.29) is 35.3 Å². The smallest absolute Gasteiger partial charge is 0.230 e. The average Bonchev–Trinajstić information content (AvgIpc) is 3.27. The van der Waals surface area contributed by atoms with Crippen LogP contribution in [0.2, 0.25) is 0 Å². The highest BCUT2D eigenvalue weighted by Gasteiger charge is 2.42. The molecule has 0 unspecified atom stereocenters. The minimum atomic E-state index is -0.311. The lowest BCUT2D eigenvalue weighted by molar-refractivity contribution is -0.138. The Labute approximate surface area is 169 Å². The monoisotopic (exact) mass is 466 g/mol. The Hall–Kier alpha value is -0.570. The summed E-state index contributed by atoms with van der Waals surface area (Å²) in [5.74, 6) is 1.80. The predicted octanol–water partition coefficient (Wildman–Crippen LogP) is 2.23. The van der Waals surface area contributed by atoms with E-state index in [0.29, 0.717) is 13.2 Å². The van der Waals surface area contributed by atoms with Crippen LogP contribution in [-0.2, 0) is 9.53 Å². The van der Waals surface area contributed by atoms with Gasteiger partial charge in [0, 0.05) is 33.8 Å². The summed E-state index contributed by atoms with van der Waals surface area (Å²) in [5.41, 5.74) is -0.311. The summed E-state index contributed by atoms with van der Waals surface area (Å²) >= 11 is 0. The highest BCUT2D eigenvalue weighted by molar-refractivity contribution is 14.0. The van der Waals surface area contributed by atoms with Crippen molar-refractivity contribution < 1.29 is 9.53 Å². The number of hydrogen-bond donors (Lipinski definition) is 2. The molecular weight excluding hydrogens is 431 g/mol. The first-order valence-corrected chi connectivity index (χ1v) is 9.39. The van der Waals surface area contributed by atoms with Crippen molar-refractivity contribution in [2.75, 3.05) is 46.9 Å². The fourth-order valence-corrected chi connectivity index (χ4v) is 3.31. The normalized spacial score (nSPS) is 19.2. The number of amides is 1. The van der Waals surface area contributed by atoms with Crippen molar-refractivity contribution in [2.24, 2.45) is 16.3 Å². The summed E-state index contributed by atoms with van der Waals surface area (Å²) in [6, 6.07) is 0. The molecule has 2 rings (SSSR count). The van der Waals surface area contributed by atoms with E-state index in [1.165, 1.54) is 12.8 Å². The van der Waals surface area contributed by atoms with Gasteiger partial charge in [-0.2, -0.15) is 0 Å². The van der Waals surface area contributed by atoms with Gasteiger partial charge in [0.05, 0.1) is 18.6 Å². The topological polar surface area (TPSA) is 66.0 Å². The summed E-state index contributed by atoms with van der Waals surface area (Å²) < 4.78 is 5.65. The van der Waals surface area contributed by atoms with Crippen LogP contribution in [0.4, 0.5) is 0 Å².